The average molecular weight is 416 g/mol. The van der Waals surface area contributed by atoms with E-state index in [1.54, 1.807) is 18.3 Å². The molecular weight excluding hydrogens is 400 g/mol. The standard InChI is InChI=1S/C21H16N6O4/c28-26(29)17-7-5-15(6-8-17)13-25-14-16(19-3-1-2-4-20(19)25)11-23-24-21-10-9-18(12-22-21)27(30)31/h1-12,14H,13H2,(H,22,24)/b23-11+. The summed E-state index contributed by atoms with van der Waals surface area (Å²) in [6.45, 7) is 0.545. The fourth-order valence-electron chi connectivity index (χ4n) is 3.16. The van der Waals surface area contributed by atoms with Gasteiger partial charge in [-0.15, -0.1) is 0 Å². The van der Waals surface area contributed by atoms with E-state index in [2.05, 4.69) is 15.5 Å². The first kappa shape index (κ1) is 19.7. The molecule has 2 aromatic heterocycles. The van der Waals surface area contributed by atoms with Gasteiger partial charge in [-0.05, 0) is 17.7 Å². The average Bonchev–Trinajstić information content (AvgIpc) is 3.12. The number of rotatable bonds is 7. The summed E-state index contributed by atoms with van der Waals surface area (Å²) in [6.07, 6.45) is 4.76. The summed E-state index contributed by atoms with van der Waals surface area (Å²) in [5.41, 5.74) is 5.52. The largest absolute Gasteiger partial charge is 0.342 e. The molecule has 10 nitrogen and oxygen atoms in total. The molecule has 0 aliphatic carbocycles. The quantitative estimate of drug-likeness (QED) is 0.271. The summed E-state index contributed by atoms with van der Waals surface area (Å²) in [6, 6.07) is 17.1. The highest BCUT2D eigenvalue weighted by atomic mass is 16.6. The van der Waals surface area contributed by atoms with Gasteiger partial charge in [-0.25, -0.2) is 4.98 Å². The number of aromatic nitrogens is 2. The molecule has 4 aromatic rings. The lowest BCUT2D eigenvalue weighted by Gasteiger charge is -2.05. The SMILES string of the molecule is O=[N+]([O-])c1ccc(Cn2cc(/C=N/Nc3ccc([N+](=O)[O-])cn3)c3ccccc32)cc1. The zero-order valence-electron chi connectivity index (χ0n) is 16.1. The molecule has 31 heavy (non-hydrogen) atoms. The van der Waals surface area contributed by atoms with Crippen LogP contribution in [0, 0.1) is 20.2 Å². The third-order valence-corrected chi connectivity index (χ3v) is 4.66. The van der Waals surface area contributed by atoms with Gasteiger partial charge in [0, 0.05) is 47.4 Å². The van der Waals surface area contributed by atoms with Crippen LogP contribution in [0.5, 0.6) is 0 Å². The third-order valence-electron chi connectivity index (χ3n) is 4.66. The lowest BCUT2D eigenvalue weighted by Crippen LogP contribution is -1.98. The number of nitro groups is 2. The predicted molar refractivity (Wildman–Crippen MR) is 116 cm³/mol. The molecule has 2 aromatic carbocycles. The van der Waals surface area contributed by atoms with Crippen LogP contribution < -0.4 is 5.43 Å². The Hall–Kier alpha value is -4.60. The first-order chi connectivity index (χ1) is 15.0. The maximum atomic E-state index is 10.8. The Morgan fingerprint density at radius 1 is 0.968 bits per heavy atom. The second kappa shape index (κ2) is 8.41. The van der Waals surface area contributed by atoms with E-state index in [9.17, 15) is 20.2 Å². The van der Waals surface area contributed by atoms with E-state index >= 15 is 0 Å². The number of hydrogen-bond acceptors (Lipinski definition) is 7. The number of benzene rings is 2. The molecule has 0 saturated carbocycles. The van der Waals surface area contributed by atoms with Crippen LogP contribution in [0.3, 0.4) is 0 Å². The molecule has 0 aliphatic rings. The zero-order chi connectivity index (χ0) is 21.8. The summed E-state index contributed by atoms with van der Waals surface area (Å²) in [4.78, 5) is 24.6. The Bertz CT molecular complexity index is 1280. The Balaban J connectivity index is 1.55. The summed E-state index contributed by atoms with van der Waals surface area (Å²) in [7, 11) is 0. The van der Waals surface area contributed by atoms with Crippen molar-refractivity contribution < 1.29 is 9.85 Å². The van der Waals surface area contributed by atoms with E-state index in [-0.39, 0.29) is 11.4 Å². The second-order valence-corrected chi connectivity index (χ2v) is 6.68. The molecule has 0 saturated heterocycles. The van der Waals surface area contributed by atoms with Crippen LogP contribution in [0.25, 0.3) is 10.9 Å². The molecule has 0 amide bonds. The zero-order valence-corrected chi connectivity index (χ0v) is 16.1. The smallest absolute Gasteiger partial charge is 0.287 e. The van der Waals surface area contributed by atoms with Crippen LogP contribution >= 0.6 is 0 Å². The molecule has 4 rings (SSSR count). The van der Waals surface area contributed by atoms with Gasteiger partial charge in [0.05, 0.1) is 16.1 Å². The van der Waals surface area contributed by atoms with E-state index in [0.717, 1.165) is 28.2 Å². The van der Waals surface area contributed by atoms with Crippen molar-refractivity contribution in [1.82, 2.24) is 9.55 Å². The normalized spacial score (nSPS) is 11.1. The molecule has 0 radical (unpaired) electrons. The van der Waals surface area contributed by atoms with Crippen molar-refractivity contribution in [2.45, 2.75) is 6.54 Å². The van der Waals surface area contributed by atoms with Crippen LogP contribution in [0.4, 0.5) is 17.2 Å². The van der Waals surface area contributed by atoms with Crippen LogP contribution in [0.15, 0.2) is 78.2 Å². The van der Waals surface area contributed by atoms with Gasteiger partial charge in [0.25, 0.3) is 11.4 Å². The Morgan fingerprint density at radius 2 is 1.68 bits per heavy atom. The maximum absolute atomic E-state index is 10.8. The van der Waals surface area contributed by atoms with Gasteiger partial charge < -0.3 is 4.57 Å². The van der Waals surface area contributed by atoms with Gasteiger partial charge in [0.2, 0.25) is 0 Å². The summed E-state index contributed by atoms with van der Waals surface area (Å²) in [5.74, 6) is 0.386. The summed E-state index contributed by atoms with van der Waals surface area (Å²) >= 11 is 0. The van der Waals surface area contributed by atoms with Gasteiger partial charge in [-0.1, -0.05) is 30.3 Å². The molecular formula is C21H16N6O4. The van der Waals surface area contributed by atoms with E-state index in [4.69, 9.17) is 0 Å². The van der Waals surface area contributed by atoms with Gasteiger partial charge >= 0.3 is 0 Å². The van der Waals surface area contributed by atoms with Crippen molar-refractivity contribution in [3.05, 3.63) is 104 Å². The minimum atomic E-state index is -0.514. The van der Waals surface area contributed by atoms with E-state index < -0.39 is 9.85 Å². The molecule has 0 bridgehead atoms. The van der Waals surface area contributed by atoms with Crippen LogP contribution in [-0.4, -0.2) is 25.6 Å². The lowest BCUT2D eigenvalue weighted by molar-refractivity contribution is -0.385. The number of nitrogens with one attached hydrogen (secondary N) is 1. The van der Waals surface area contributed by atoms with E-state index in [1.807, 2.05) is 35.0 Å². The highest BCUT2D eigenvalue weighted by Crippen LogP contribution is 2.22. The van der Waals surface area contributed by atoms with Crippen molar-refractivity contribution in [3.8, 4) is 0 Å². The lowest BCUT2D eigenvalue weighted by atomic mass is 10.2. The number of pyridine rings is 1. The minimum Gasteiger partial charge on any atom is -0.342 e. The third kappa shape index (κ3) is 4.37. The number of nitro benzene ring substituents is 1. The number of fused-ring (bicyclic) bond motifs is 1. The molecule has 0 aliphatic heterocycles. The van der Waals surface area contributed by atoms with Crippen LogP contribution in [0.1, 0.15) is 11.1 Å². The fraction of sp³-hybridized carbons (Fsp3) is 0.0476. The van der Waals surface area contributed by atoms with Crippen molar-refractivity contribution >= 4 is 34.3 Å². The summed E-state index contributed by atoms with van der Waals surface area (Å²) in [5, 5.41) is 26.7. The predicted octanol–water partition coefficient (Wildman–Crippen LogP) is 4.35. The van der Waals surface area contributed by atoms with Crippen molar-refractivity contribution in [1.29, 1.82) is 0 Å². The first-order valence-corrected chi connectivity index (χ1v) is 9.22. The van der Waals surface area contributed by atoms with Crippen LogP contribution in [-0.2, 0) is 6.54 Å². The molecule has 0 unspecified atom stereocenters. The Kier molecular flexibility index (Phi) is 5.35. The van der Waals surface area contributed by atoms with E-state index in [1.165, 1.54) is 24.3 Å². The molecule has 0 atom stereocenters. The van der Waals surface area contributed by atoms with Crippen molar-refractivity contribution in [2.75, 3.05) is 5.43 Å². The highest BCUT2D eigenvalue weighted by molar-refractivity contribution is 5.99. The number of anilines is 1. The highest BCUT2D eigenvalue weighted by Gasteiger charge is 2.09. The van der Waals surface area contributed by atoms with Gasteiger partial charge in [0.15, 0.2) is 0 Å². The van der Waals surface area contributed by atoms with Gasteiger partial charge in [-0.2, -0.15) is 5.10 Å². The second-order valence-electron chi connectivity index (χ2n) is 6.68. The molecule has 1 N–H and O–H groups in total. The number of non-ortho nitro benzene ring substituents is 1. The molecule has 10 heteroatoms. The number of hydrazone groups is 1. The molecule has 0 fully saturated rings. The topological polar surface area (TPSA) is 128 Å². The first-order valence-electron chi connectivity index (χ1n) is 9.22. The Morgan fingerprint density at radius 3 is 2.35 bits per heavy atom. The molecule has 154 valence electrons. The summed E-state index contributed by atoms with van der Waals surface area (Å²) < 4.78 is 2.04. The van der Waals surface area contributed by atoms with Gasteiger partial charge in [0.1, 0.15) is 12.0 Å². The fourth-order valence-corrected chi connectivity index (χ4v) is 3.16. The number of nitrogens with zero attached hydrogens (tertiary/aromatic N) is 5. The monoisotopic (exact) mass is 416 g/mol. The van der Waals surface area contributed by atoms with Crippen molar-refractivity contribution in [3.63, 3.8) is 0 Å². The number of para-hydroxylation sites is 1. The van der Waals surface area contributed by atoms with E-state index in [0.29, 0.717) is 12.4 Å². The molecule has 2 heterocycles. The van der Waals surface area contributed by atoms with Crippen LogP contribution in [0.2, 0.25) is 0 Å². The minimum absolute atomic E-state index is 0.0554. The Labute approximate surface area is 175 Å². The molecule has 0 spiro atoms. The number of hydrogen-bond donors (Lipinski definition) is 1. The van der Waals surface area contributed by atoms with Crippen molar-refractivity contribution in [2.24, 2.45) is 5.10 Å². The maximum Gasteiger partial charge on any atom is 0.287 e. The van der Waals surface area contributed by atoms with Gasteiger partial charge in [-0.3, -0.25) is 25.7 Å².